The smallest absolute Gasteiger partial charge is 0.342 e. The number of carbonyl (C=O) groups is 1. The molecule has 1 N–H and O–H groups in total. The van der Waals surface area contributed by atoms with Gasteiger partial charge in [-0.1, -0.05) is 6.07 Å². The minimum Gasteiger partial charge on any atom is -0.477 e. The molecule has 6 heteroatoms. The molecule has 2 rings (SSSR count). The maximum Gasteiger partial charge on any atom is 0.342 e. The van der Waals surface area contributed by atoms with Crippen LogP contribution in [0.2, 0.25) is 0 Å². The fourth-order valence-corrected chi connectivity index (χ4v) is 1.35. The Labute approximate surface area is 96.1 Å². The van der Waals surface area contributed by atoms with E-state index >= 15 is 0 Å². The van der Waals surface area contributed by atoms with Crippen LogP contribution in [0, 0.1) is 5.82 Å². The number of aromatic carboxylic acids is 1. The third-order valence-electron chi connectivity index (χ3n) is 2.17. The maximum absolute atomic E-state index is 13.3. The summed E-state index contributed by atoms with van der Waals surface area (Å²) in [4.78, 5) is 14.8. The number of rotatable bonds is 3. The second-order valence-corrected chi connectivity index (χ2v) is 3.34. The lowest BCUT2D eigenvalue weighted by molar-refractivity contribution is 0.0688. The number of benzene rings is 1. The molecule has 5 nitrogen and oxygen atoms in total. The van der Waals surface area contributed by atoms with Crippen molar-refractivity contribution in [2.45, 2.75) is 0 Å². The zero-order valence-corrected chi connectivity index (χ0v) is 8.92. The van der Waals surface area contributed by atoms with Crippen molar-refractivity contribution in [2.24, 2.45) is 7.05 Å². The first kappa shape index (κ1) is 11.1. The highest BCUT2D eigenvalue weighted by Gasteiger charge is 2.18. The molecule has 0 aliphatic heterocycles. The van der Waals surface area contributed by atoms with Crippen molar-refractivity contribution in [2.75, 3.05) is 0 Å². The number of ether oxygens (including phenoxy) is 1. The van der Waals surface area contributed by atoms with E-state index in [4.69, 9.17) is 9.84 Å². The van der Waals surface area contributed by atoms with Crippen molar-refractivity contribution in [3.8, 4) is 11.8 Å². The zero-order valence-electron chi connectivity index (χ0n) is 8.92. The van der Waals surface area contributed by atoms with Gasteiger partial charge in [-0.2, -0.15) is 0 Å². The SMILES string of the molecule is Cn1ccnc1Oc1cccc(F)c1C(=O)O. The van der Waals surface area contributed by atoms with Crippen molar-refractivity contribution in [3.63, 3.8) is 0 Å². The van der Waals surface area contributed by atoms with E-state index < -0.39 is 17.3 Å². The molecule has 0 atom stereocenters. The van der Waals surface area contributed by atoms with Crippen LogP contribution in [-0.2, 0) is 7.05 Å². The van der Waals surface area contributed by atoms with Gasteiger partial charge in [0.2, 0.25) is 0 Å². The summed E-state index contributed by atoms with van der Waals surface area (Å²) in [5.74, 6) is -2.30. The molecule has 0 aliphatic rings. The number of carboxylic acids is 1. The minimum atomic E-state index is -1.38. The number of hydrogen-bond acceptors (Lipinski definition) is 3. The van der Waals surface area contributed by atoms with Gasteiger partial charge >= 0.3 is 12.0 Å². The Hall–Kier alpha value is -2.37. The van der Waals surface area contributed by atoms with E-state index in [1.165, 1.54) is 18.3 Å². The van der Waals surface area contributed by atoms with Crippen LogP contribution in [0.25, 0.3) is 0 Å². The summed E-state index contributed by atoms with van der Waals surface area (Å²) >= 11 is 0. The van der Waals surface area contributed by atoms with Crippen LogP contribution in [0.4, 0.5) is 4.39 Å². The Kier molecular flexibility index (Phi) is 2.78. The number of imidazole rings is 1. The third kappa shape index (κ3) is 2.10. The number of carboxylic acid groups (broad SMARTS) is 1. The first-order valence-corrected chi connectivity index (χ1v) is 4.76. The molecular formula is C11H9FN2O3. The molecule has 0 amide bonds. The Bertz CT molecular complexity index is 566. The summed E-state index contributed by atoms with van der Waals surface area (Å²) in [7, 11) is 1.68. The zero-order chi connectivity index (χ0) is 12.4. The van der Waals surface area contributed by atoms with Gasteiger partial charge in [0.15, 0.2) is 0 Å². The van der Waals surface area contributed by atoms with Gasteiger partial charge in [0, 0.05) is 19.4 Å². The molecule has 0 bridgehead atoms. The van der Waals surface area contributed by atoms with Crippen molar-refractivity contribution in [1.82, 2.24) is 9.55 Å². The van der Waals surface area contributed by atoms with Crippen molar-refractivity contribution in [3.05, 3.63) is 42.0 Å². The second-order valence-electron chi connectivity index (χ2n) is 3.34. The van der Waals surface area contributed by atoms with Gasteiger partial charge in [0.1, 0.15) is 17.1 Å². The summed E-state index contributed by atoms with van der Waals surface area (Å²) in [5, 5.41) is 8.90. The van der Waals surface area contributed by atoms with Gasteiger partial charge in [0.25, 0.3) is 0 Å². The van der Waals surface area contributed by atoms with E-state index in [2.05, 4.69) is 4.98 Å². The minimum absolute atomic E-state index is 0.0770. The monoisotopic (exact) mass is 236 g/mol. The van der Waals surface area contributed by atoms with Crippen LogP contribution in [-0.4, -0.2) is 20.6 Å². The first-order valence-electron chi connectivity index (χ1n) is 4.76. The standard InChI is InChI=1S/C11H9FN2O3/c1-14-6-5-13-11(14)17-8-4-2-3-7(12)9(8)10(15)16/h2-6H,1H3,(H,15,16). The van der Waals surface area contributed by atoms with E-state index in [0.717, 1.165) is 6.07 Å². The number of hydrogen-bond donors (Lipinski definition) is 1. The van der Waals surface area contributed by atoms with Crippen LogP contribution in [0.5, 0.6) is 11.8 Å². The van der Waals surface area contributed by atoms with E-state index in [-0.39, 0.29) is 11.8 Å². The normalized spacial score (nSPS) is 10.2. The Balaban J connectivity index is 2.43. The topological polar surface area (TPSA) is 64.4 Å². The van der Waals surface area contributed by atoms with Crippen LogP contribution in [0.15, 0.2) is 30.6 Å². The Morgan fingerprint density at radius 1 is 1.53 bits per heavy atom. The highest BCUT2D eigenvalue weighted by atomic mass is 19.1. The highest BCUT2D eigenvalue weighted by molar-refractivity contribution is 5.91. The molecule has 0 spiro atoms. The molecule has 88 valence electrons. The van der Waals surface area contributed by atoms with E-state index in [1.54, 1.807) is 17.8 Å². The molecule has 0 saturated carbocycles. The average Bonchev–Trinajstić information content (AvgIpc) is 2.64. The lowest BCUT2D eigenvalue weighted by Gasteiger charge is -2.08. The van der Waals surface area contributed by atoms with Crippen molar-refractivity contribution >= 4 is 5.97 Å². The van der Waals surface area contributed by atoms with Gasteiger partial charge in [0.05, 0.1) is 0 Å². The molecule has 1 aromatic heterocycles. The molecule has 0 radical (unpaired) electrons. The molecule has 0 fully saturated rings. The Morgan fingerprint density at radius 3 is 2.88 bits per heavy atom. The van der Waals surface area contributed by atoms with Crippen LogP contribution >= 0.6 is 0 Å². The maximum atomic E-state index is 13.3. The lowest BCUT2D eigenvalue weighted by atomic mass is 10.2. The van der Waals surface area contributed by atoms with E-state index in [1.807, 2.05) is 0 Å². The molecule has 0 aliphatic carbocycles. The quantitative estimate of drug-likeness (QED) is 0.885. The number of aryl methyl sites for hydroxylation is 1. The molecule has 1 aromatic carbocycles. The van der Waals surface area contributed by atoms with Crippen molar-refractivity contribution in [1.29, 1.82) is 0 Å². The summed E-state index contributed by atoms with van der Waals surface area (Å²) < 4.78 is 20.1. The fraction of sp³-hybridized carbons (Fsp3) is 0.0909. The second kappa shape index (κ2) is 4.25. The van der Waals surface area contributed by atoms with Gasteiger partial charge < -0.3 is 14.4 Å². The number of aromatic nitrogens is 2. The summed E-state index contributed by atoms with van der Waals surface area (Å²) in [6, 6.07) is 4.01. The molecular weight excluding hydrogens is 227 g/mol. The number of halogens is 1. The van der Waals surface area contributed by atoms with Crippen LogP contribution in [0.1, 0.15) is 10.4 Å². The largest absolute Gasteiger partial charge is 0.477 e. The van der Waals surface area contributed by atoms with Crippen LogP contribution < -0.4 is 4.74 Å². The fourth-order valence-electron chi connectivity index (χ4n) is 1.35. The van der Waals surface area contributed by atoms with E-state index in [0.29, 0.717) is 0 Å². The molecule has 0 saturated heterocycles. The summed E-state index contributed by atoms with van der Waals surface area (Å²) in [6.07, 6.45) is 3.13. The predicted octanol–water partition coefficient (Wildman–Crippen LogP) is 2.05. The molecule has 0 unspecified atom stereocenters. The average molecular weight is 236 g/mol. The van der Waals surface area contributed by atoms with E-state index in [9.17, 15) is 9.18 Å². The predicted molar refractivity (Wildman–Crippen MR) is 56.6 cm³/mol. The lowest BCUT2D eigenvalue weighted by Crippen LogP contribution is -2.04. The third-order valence-corrected chi connectivity index (χ3v) is 2.17. The summed E-state index contributed by atoms with van der Waals surface area (Å²) in [6.45, 7) is 0. The Morgan fingerprint density at radius 2 is 2.29 bits per heavy atom. The number of nitrogens with zero attached hydrogens (tertiary/aromatic N) is 2. The molecule has 1 heterocycles. The highest BCUT2D eigenvalue weighted by Crippen LogP contribution is 2.25. The van der Waals surface area contributed by atoms with Gasteiger partial charge in [-0.3, -0.25) is 0 Å². The van der Waals surface area contributed by atoms with Crippen molar-refractivity contribution < 1.29 is 19.0 Å². The van der Waals surface area contributed by atoms with Crippen LogP contribution in [0.3, 0.4) is 0 Å². The van der Waals surface area contributed by atoms with Gasteiger partial charge in [-0.25, -0.2) is 14.2 Å². The molecule has 2 aromatic rings. The summed E-state index contributed by atoms with van der Waals surface area (Å²) in [5.41, 5.74) is -0.504. The molecule has 17 heavy (non-hydrogen) atoms. The first-order chi connectivity index (χ1) is 8.09. The van der Waals surface area contributed by atoms with Gasteiger partial charge in [-0.15, -0.1) is 0 Å². The van der Waals surface area contributed by atoms with Gasteiger partial charge in [-0.05, 0) is 12.1 Å².